The Bertz CT molecular complexity index is 572. The number of nitrogens with zero attached hydrogens (tertiary/aromatic N) is 2. The van der Waals surface area contributed by atoms with Crippen LogP contribution < -0.4 is 10.2 Å². The van der Waals surface area contributed by atoms with Gasteiger partial charge in [-0.3, -0.25) is 0 Å². The maximum Gasteiger partial charge on any atom is 0.317 e. The molecule has 5 nitrogen and oxygen atoms in total. The standard InChI is InChI=1S/C20H33N3O2/c1-20(2,15-24)11-7-12-21-19(25)23-13-6-10-18(23)16-8-5-9-17(14-16)22(3)4/h5,8-9,14,18,24H,6-7,10-13,15H2,1-4H3,(H,21,25). The molecule has 1 saturated heterocycles. The zero-order valence-corrected chi connectivity index (χ0v) is 16.1. The highest BCUT2D eigenvalue weighted by molar-refractivity contribution is 5.75. The Morgan fingerprint density at radius 2 is 2.16 bits per heavy atom. The van der Waals surface area contributed by atoms with Gasteiger partial charge >= 0.3 is 6.03 Å². The molecule has 0 aliphatic carbocycles. The molecule has 1 aliphatic rings. The molecule has 1 atom stereocenters. The Balaban J connectivity index is 1.92. The van der Waals surface area contributed by atoms with Crippen LogP contribution in [0.25, 0.3) is 0 Å². The Hall–Kier alpha value is -1.75. The number of urea groups is 1. The van der Waals surface area contributed by atoms with E-state index in [-0.39, 0.29) is 24.1 Å². The maximum absolute atomic E-state index is 12.6. The molecule has 0 radical (unpaired) electrons. The molecule has 2 rings (SSSR count). The lowest BCUT2D eigenvalue weighted by Crippen LogP contribution is -2.40. The van der Waals surface area contributed by atoms with Gasteiger partial charge in [0, 0.05) is 39.5 Å². The van der Waals surface area contributed by atoms with Gasteiger partial charge in [0.05, 0.1) is 6.04 Å². The summed E-state index contributed by atoms with van der Waals surface area (Å²) >= 11 is 0. The van der Waals surface area contributed by atoms with Crippen molar-refractivity contribution < 1.29 is 9.90 Å². The summed E-state index contributed by atoms with van der Waals surface area (Å²) in [4.78, 5) is 16.7. The largest absolute Gasteiger partial charge is 0.396 e. The van der Waals surface area contributed by atoms with Crippen LogP contribution in [0.4, 0.5) is 10.5 Å². The molecule has 1 aromatic carbocycles. The number of nitrogens with one attached hydrogen (secondary N) is 1. The third-order valence-corrected chi connectivity index (χ3v) is 5.02. The fourth-order valence-corrected chi connectivity index (χ4v) is 3.31. The Kier molecular flexibility index (Phi) is 6.71. The number of amides is 2. The lowest BCUT2D eigenvalue weighted by molar-refractivity contribution is 0.147. The van der Waals surface area contributed by atoms with Crippen molar-refractivity contribution in [3.8, 4) is 0 Å². The molecule has 2 N–H and O–H groups in total. The summed E-state index contributed by atoms with van der Waals surface area (Å²) in [5, 5.41) is 12.4. The molecule has 1 unspecified atom stereocenters. The fourth-order valence-electron chi connectivity index (χ4n) is 3.31. The van der Waals surface area contributed by atoms with Crippen molar-refractivity contribution in [1.29, 1.82) is 0 Å². The van der Waals surface area contributed by atoms with Crippen LogP contribution in [0.2, 0.25) is 0 Å². The number of aliphatic hydroxyl groups is 1. The van der Waals surface area contributed by atoms with Crippen molar-refractivity contribution in [2.45, 2.75) is 45.6 Å². The molecule has 140 valence electrons. The second-order valence-electron chi connectivity index (χ2n) is 8.00. The molecule has 1 aliphatic heterocycles. The van der Waals surface area contributed by atoms with Crippen LogP contribution in [0, 0.1) is 5.41 Å². The summed E-state index contributed by atoms with van der Waals surface area (Å²) < 4.78 is 0. The summed E-state index contributed by atoms with van der Waals surface area (Å²) in [6.45, 7) is 5.73. The van der Waals surface area contributed by atoms with E-state index in [1.54, 1.807) is 0 Å². The molecular weight excluding hydrogens is 314 g/mol. The summed E-state index contributed by atoms with van der Waals surface area (Å²) in [5.41, 5.74) is 2.30. The molecule has 5 heteroatoms. The maximum atomic E-state index is 12.6. The smallest absolute Gasteiger partial charge is 0.317 e. The second-order valence-corrected chi connectivity index (χ2v) is 8.00. The van der Waals surface area contributed by atoms with E-state index >= 15 is 0 Å². The van der Waals surface area contributed by atoms with Crippen molar-refractivity contribution >= 4 is 11.7 Å². The van der Waals surface area contributed by atoms with Gasteiger partial charge in [0.2, 0.25) is 0 Å². The molecule has 0 saturated carbocycles. The van der Waals surface area contributed by atoms with E-state index in [0.29, 0.717) is 6.54 Å². The van der Waals surface area contributed by atoms with Crippen LogP contribution >= 0.6 is 0 Å². The van der Waals surface area contributed by atoms with E-state index in [2.05, 4.69) is 34.5 Å². The predicted octanol–water partition coefficient (Wildman–Crippen LogP) is 3.40. The highest BCUT2D eigenvalue weighted by atomic mass is 16.3. The zero-order valence-electron chi connectivity index (χ0n) is 16.1. The lowest BCUT2D eigenvalue weighted by atomic mass is 9.89. The minimum atomic E-state index is -0.0759. The van der Waals surface area contributed by atoms with Gasteiger partial charge in [-0.2, -0.15) is 0 Å². The highest BCUT2D eigenvalue weighted by Crippen LogP contribution is 2.33. The van der Waals surface area contributed by atoms with Crippen LogP contribution in [0.15, 0.2) is 24.3 Å². The number of benzene rings is 1. The molecule has 1 fully saturated rings. The average Bonchev–Trinajstić information content (AvgIpc) is 3.08. The number of carbonyl (C=O) groups is 1. The van der Waals surface area contributed by atoms with Crippen molar-refractivity contribution in [3.63, 3.8) is 0 Å². The van der Waals surface area contributed by atoms with Crippen LogP contribution in [0.1, 0.15) is 51.1 Å². The molecule has 1 heterocycles. The van der Waals surface area contributed by atoms with Crippen LogP contribution in [-0.2, 0) is 0 Å². The SMILES string of the molecule is CN(C)c1cccc(C2CCCN2C(=O)NCCCC(C)(C)CO)c1. The summed E-state index contributed by atoms with van der Waals surface area (Å²) in [6.07, 6.45) is 3.84. The lowest BCUT2D eigenvalue weighted by Gasteiger charge is -2.27. The van der Waals surface area contributed by atoms with Crippen LogP contribution in [-0.4, -0.2) is 49.8 Å². The van der Waals surface area contributed by atoms with Crippen molar-refractivity contribution in [2.75, 3.05) is 38.7 Å². The highest BCUT2D eigenvalue weighted by Gasteiger charge is 2.30. The van der Waals surface area contributed by atoms with E-state index in [1.807, 2.05) is 32.8 Å². The number of aliphatic hydroxyl groups excluding tert-OH is 1. The number of anilines is 1. The number of carbonyl (C=O) groups excluding carboxylic acids is 1. The topological polar surface area (TPSA) is 55.8 Å². The number of hydrogen-bond donors (Lipinski definition) is 2. The predicted molar refractivity (Wildman–Crippen MR) is 103 cm³/mol. The van der Waals surface area contributed by atoms with Gasteiger partial charge < -0.3 is 20.2 Å². The quantitative estimate of drug-likeness (QED) is 0.743. The van der Waals surface area contributed by atoms with Gasteiger partial charge in [-0.25, -0.2) is 4.79 Å². The fraction of sp³-hybridized carbons (Fsp3) is 0.650. The Morgan fingerprint density at radius 1 is 1.40 bits per heavy atom. The first-order chi connectivity index (χ1) is 11.8. The monoisotopic (exact) mass is 347 g/mol. The first-order valence-corrected chi connectivity index (χ1v) is 9.27. The van der Waals surface area contributed by atoms with E-state index in [1.165, 1.54) is 5.56 Å². The molecule has 2 amide bonds. The number of likely N-dealkylation sites (tertiary alicyclic amines) is 1. The van der Waals surface area contributed by atoms with E-state index in [0.717, 1.165) is 37.9 Å². The third kappa shape index (κ3) is 5.36. The van der Waals surface area contributed by atoms with Gasteiger partial charge in [0.15, 0.2) is 0 Å². The summed E-state index contributed by atoms with van der Waals surface area (Å²) in [5.74, 6) is 0. The Morgan fingerprint density at radius 3 is 2.84 bits per heavy atom. The van der Waals surface area contributed by atoms with Crippen molar-refractivity contribution in [2.24, 2.45) is 5.41 Å². The summed E-state index contributed by atoms with van der Waals surface area (Å²) in [6, 6.07) is 8.64. The zero-order chi connectivity index (χ0) is 18.4. The number of rotatable bonds is 7. The number of hydrogen-bond acceptors (Lipinski definition) is 3. The van der Waals surface area contributed by atoms with E-state index < -0.39 is 0 Å². The minimum absolute atomic E-state index is 0.0274. The van der Waals surface area contributed by atoms with Crippen LogP contribution in [0.3, 0.4) is 0 Å². The molecule has 0 bridgehead atoms. The average molecular weight is 348 g/mol. The molecule has 1 aromatic rings. The van der Waals surface area contributed by atoms with E-state index in [9.17, 15) is 9.90 Å². The van der Waals surface area contributed by atoms with Crippen LogP contribution in [0.5, 0.6) is 0 Å². The van der Waals surface area contributed by atoms with E-state index in [4.69, 9.17) is 0 Å². The third-order valence-electron chi connectivity index (χ3n) is 5.02. The van der Waals surface area contributed by atoms with Gasteiger partial charge in [-0.1, -0.05) is 26.0 Å². The first-order valence-electron chi connectivity index (χ1n) is 9.27. The Labute approximate surface area is 152 Å². The van der Waals surface area contributed by atoms with Gasteiger partial charge in [-0.15, -0.1) is 0 Å². The molecule has 0 aromatic heterocycles. The van der Waals surface area contributed by atoms with Gasteiger partial charge in [0.1, 0.15) is 0 Å². The normalized spacial score (nSPS) is 17.6. The first kappa shape index (κ1) is 19.6. The summed E-state index contributed by atoms with van der Waals surface area (Å²) in [7, 11) is 4.07. The minimum Gasteiger partial charge on any atom is -0.396 e. The van der Waals surface area contributed by atoms with Gasteiger partial charge in [-0.05, 0) is 48.8 Å². The molecule has 25 heavy (non-hydrogen) atoms. The van der Waals surface area contributed by atoms with Crippen molar-refractivity contribution in [3.05, 3.63) is 29.8 Å². The molecular formula is C20H33N3O2. The second kappa shape index (κ2) is 8.56. The molecule has 0 spiro atoms. The van der Waals surface area contributed by atoms with Gasteiger partial charge in [0.25, 0.3) is 0 Å². The van der Waals surface area contributed by atoms with Crippen molar-refractivity contribution in [1.82, 2.24) is 10.2 Å².